The van der Waals surface area contributed by atoms with Crippen LogP contribution >= 0.6 is 0 Å². The Bertz CT molecular complexity index is 1990. The first kappa shape index (κ1) is 55.2. The van der Waals surface area contributed by atoms with Crippen LogP contribution in [0.5, 0.6) is 0 Å². The van der Waals surface area contributed by atoms with Crippen LogP contribution in [0.25, 0.3) is 0 Å². The second-order valence-electron chi connectivity index (χ2n) is 24.3. The largest absolute Gasteiger partial charge is 0.394 e. The maximum absolute atomic E-state index is 12.9. The summed E-state index contributed by atoms with van der Waals surface area (Å²) >= 11 is 0. The van der Waals surface area contributed by atoms with Crippen LogP contribution in [0.2, 0.25) is 0 Å². The van der Waals surface area contributed by atoms with E-state index in [1.165, 1.54) is 26.3 Å². The lowest BCUT2D eigenvalue weighted by atomic mass is 9.46. The Morgan fingerprint density at radius 3 is 1.78 bits per heavy atom. The van der Waals surface area contributed by atoms with Crippen molar-refractivity contribution in [1.82, 2.24) is 0 Å². The Hall–Kier alpha value is -1.14. The van der Waals surface area contributed by atoms with Gasteiger partial charge in [0.1, 0.15) is 85.0 Å². The standard InChI is InChI=1S/C51H82O22/c1-20-31(53)33(55)36(58)43(65-20)70-40-22(3)67-45(38(60)35(40)57)71-41-29(18-52)69-46(42(39(41)61)72-44-37(59)34(56)32(54)21(2)66-44)68-25-10-12-48(6)24(16-25)8-9-26-27(48)11-13-49(7)28(26)17-30-51(49,63)23(4)50(73-30)15-14-47(5,62)19-64-50/h8,20-23,25-46,52-63H,9-19H2,1-7H3/t20-,21-,22-,23+,25-,26+,27-,28-,29+,30-,31-,32-,33+,34+,35-,36+,37+,38+,39-,40-,41+,42+,43-,44-,45-,46+,47-,48-,49-,50+,51+/m0/s1. The summed E-state index contributed by atoms with van der Waals surface area (Å²) in [5, 5.41) is 133. The van der Waals surface area contributed by atoms with Crippen molar-refractivity contribution >= 4 is 0 Å². The molecular formula is C51H82O22. The maximum Gasteiger partial charge on any atom is 0.187 e. The molecule has 31 atom stereocenters. The zero-order chi connectivity index (χ0) is 52.6. The molecule has 418 valence electrons. The second-order valence-corrected chi connectivity index (χ2v) is 24.3. The molecule has 22 heteroatoms. The van der Waals surface area contributed by atoms with Gasteiger partial charge < -0.3 is 109 Å². The van der Waals surface area contributed by atoms with Crippen molar-refractivity contribution in [2.45, 2.75) is 258 Å². The van der Waals surface area contributed by atoms with E-state index in [9.17, 15) is 61.3 Å². The monoisotopic (exact) mass is 1050 g/mol. The zero-order valence-electron chi connectivity index (χ0n) is 42.8. The average molecular weight is 1050 g/mol. The lowest BCUT2D eigenvalue weighted by Crippen LogP contribution is -2.67. The highest BCUT2D eigenvalue weighted by atomic mass is 16.8. The molecule has 12 N–H and O–H groups in total. The summed E-state index contributed by atoms with van der Waals surface area (Å²) in [6, 6.07) is 0. The topological polar surface area (TPSA) is 335 Å². The number of fused-ring (bicyclic) bond motifs is 7. The Balaban J connectivity index is 0.840. The quantitative estimate of drug-likeness (QED) is 0.115. The third-order valence-corrected chi connectivity index (χ3v) is 20.0. The van der Waals surface area contributed by atoms with Crippen LogP contribution in [0.3, 0.4) is 0 Å². The highest BCUT2D eigenvalue weighted by Crippen LogP contribution is 2.72. The molecule has 6 aliphatic heterocycles. The summed E-state index contributed by atoms with van der Waals surface area (Å²) in [7, 11) is 0. The van der Waals surface area contributed by atoms with Crippen molar-refractivity contribution in [3.8, 4) is 0 Å². The Kier molecular flexibility index (Phi) is 15.0. The van der Waals surface area contributed by atoms with E-state index < -0.39 is 158 Å². The lowest BCUT2D eigenvalue weighted by molar-refractivity contribution is -0.394. The molecule has 4 aliphatic carbocycles. The van der Waals surface area contributed by atoms with Crippen molar-refractivity contribution in [2.24, 2.45) is 34.5 Å². The molecule has 0 radical (unpaired) electrons. The minimum absolute atomic E-state index is 0.156. The van der Waals surface area contributed by atoms with E-state index in [4.69, 9.17) is 47.4 Å². The molecule has 10 aliphatic rings. The second kappa shape index (κ2) is 19.9. The molecule has 0 aromatic rings. The molecule has 0 bridgehead atoms. The molecule has 9 fully saturated rings. The Morgan fingerprint density at radius 2 is 1.18 bits per heavy atom. The van der Waals surface area contributed by atoms with Gasteiger partial charge in [0.15, 0.2) is 30.9 Å². The molecule has 0 amide bonds. The van der Waals surface area contributed by atoms with Gasteiger partial charge in [-0.15, -0.1) is 0 Å². The van der Waals surface area contributed by atoms with E-state index in [2.05, 4.69) is 26.8 Å². The van der Waals surface area contributed by atoms with Crippen molar-refractivity contribution in [2.75, 3.05) is 13.2 Å². The molecule has 73 heavy (non-hydrogen) atoms. The first-order valence-electron chi connectivity index (χ1n) is 26.7. The number of aliphatic hydroxyl groups excluding tert-OH is 10. The summed E-state index contributed by atoms with van der Waals surface area (Å²) in [6.07, 6.45) is -22.6. The van der Waals surface area contributed by atoms with Crippen molar-refractivity contribution in [3.63, 3.8) is 0 Å². The minimum Gasteiger partial charge on any atom is -0.394 e. The number of ether oxygens (including phenoxy) is 10. The van der Waals surface area contributed by atoms with Gasteiger partial charge in [-0.05, 0) is 102 Å². The van der Waals surface area contributed by atoms with Crippen LogP contribution in [0, 0.1) is 34.5 Å². The highest BCUT2D eigenvalue weighted by molar-refractivity contribution is 5.29. The van der Waals surface area contributed by atoms with Gasteiger partial charge in [0.2, 0.25) is 0 Å². The number of rotatable bonds is 9. The van der Waals surface area contributed by atoms with Gasteiger partial charge >= 0.3 is 0 Å². The first-order valence-corrected chi connectivity index (χ1v) is 26.7. The average Bonchev–Trinajstić information content (AvgIpc) is 3.71. The van der Waals surface area contributed by atoms with Crippen LogP contribution in [-0.2, 0) is 47.4 Å². The van der Waals surface area contributed by atoms with Gasteiger partial charge in [-0.1, -0.05) is 32.4 Å². The van der Waals surface area contributed by atoms with E-state index in [0.717, 1.165) is 32.1 Å². The van der Waals surface area contributed by atoms with E-state index in [-0.39, 0.29) is 30.0 Å². The van der Waals surface area contributed by atoms with E-state index in [0.29, 0.717) is 37.5 Å². The summed E-state index contributed by atoms with van der Waals surface area (Å²) in [6.45, 7) is 12.2. The predicted octanol–water partition coefficient (Wildman–Crippen LogP) is -1.68. The highest BCUT2D eigenvalue weighted by Gasteiger charge is 2.76. The van der Waals surface area contributed by atoms with E-state index >= 15 is 0 Å². The van der Waals surface area contributed by atoms with E-state index in [1.54, 1.807) is 6.92 Å². The summed E-state index contributed by atoms with van der Waals surface area (Å²) < 4.78 is 61.7. The normalized spacial score (nSPS) is 59.2. The third-order valence-electron chi connectivity index (χ3n) is 20.0. The van der Waals surface area contributed by atoms with Gasteiger partial charge in [0.05, 0.1) is 49.3 Å². The fourth-order valence-electron chi connectivity index (χ4n) is 15.3. The predicted molar refractivity (Wildman–Crippen MR) is 247 cm³/mol. The maximum atomic E-state index is 12.9. The number of hydrogen-bond donors (Lipinski definition) is 12. The summed E-state index contributed by atoms with van der Waals surface area (Å²) in [4.78, 5) is 0. The number of aliphatic hydroxyl groups is 12. The van der Waals surface area contributed by atoms with Crippen LogP contribution in [0.1, 0.15) is 106 Å². The van der Waals surface area contributed by atoms with Crippen molar-refractivity contribution in [1.29, 1.82) is 0 Å². The van der Waals surface area contributed by atoms with Gasteiger partial charge in [-0.25, -0.2) is 0 Å². The number of hydrogen-bond acceptors (Lipinski definition) is 22. The first-order chi connectivity index (χ1) is 34.3. The fourth-order valence-corrected chi connectivity index (χ4v) is 15.3. The summed E-state index contributed by atoms with van der Waals surface area (Å²) in [5.41, 5.74) is -1.39. The third kappa shape index (κ3) is 8.94. The SMILES string of the molecule is C[C@@H]1O[C@@H](O[C@@H]2[C@@H](O)[C@@H](O)[C@H](O[C@H]3[C@H](O)[C@@H](O[C@@H]4O[C@@H](C)[C@H](O)[C@@H](O)[C@H]4O)[C@H](O[C@H]4CC[C@@]5(C)C(=CC[C@@H]6[C@@H]5CC[C@@]5(C)[C@H]6C[C@@H]6O[C@]7(CC[C@](C)(O)CO7)[C@@H](C)[C@@]65O)C4)O[C@@H]3CO)O[C@H]2C)[C@H](O)[C@H](O)[C@H]1O. The molecule has 0 aromatic heterocycles. The molecule has 0 unspecified atom stereocenters. The van der Waals surface area contributed by atoms with Crippen LogP contribution in [0.15, 0.2) is 11.6 Å². The molecule has 6 heterocycles. The molecular weight excluding hydrogens is 965 g/mol. The van der Waals surface area contributed by atoms with Crippen molar-refractivity contribution in [3.05, 3.63) is 11.6 Å². The Labute approximate surface area is 425 Å². The van der Waals surface area contributed by atoms with E-state index in [1.807, 2.05) is 0 Å². The van der Waals surface area contributed by atoms with Crippen LogP contribution in [0.4, 0.5) is 0 Å². The van der Waals surface area contributed by atoms with Gasteiger partial charge in [-0.2, -0.15) is 0 Å². The lowest BCUT2D eigenvalue weighted by Gasteiger charge is -2.60. The van der Waals surface area contributed by atoms with Crippen LogP contribution < -0.4 is 0 Å². The molecule has 0 aromatic carbocycles. The van der Waals surface area contributed by atoms with Crippen LogP contribution in [-0.4, -0.2) is 227 Å². The smallest absolute Gasteiger partial charge is 0.187 e. The molecule has 3 saturated carbocycles. The fraction of sp³-hybridized carbons (Fsp3) is 0.961. The van der Waals surface area contributed by atoms with Gasteiger partial charge in [0.25, 0.3) is 0 Å². The summed E-state index contributed by atoms with van der Waals surface area (Å²) in [5.74, 6) is -0.381. The zero-order valence-corrected chi connectivity index (χ0v) is 42.8. The minimum atomic E-state index is -1.87. The Morgan fingerprint density at radius 1 is 0.589 bits per heavy atom. The molecule has 1 spiro atoms. The molecule has 6 saturated heterocycles. The number of allylic oxidation sites excluding steroid dienone is 1. The molecule has 10 rings (SSSR count). The molecule has 22 nitrogen and oxygen atoms in total. The van der Waals surface area contributed by atoms with Gasteiger partial charge in [-0.3, -0.25) is 0 Å². The van der Waals surface area contributed by atoms with Gasteiger partial charge in [0, 0.05) is 17.8 Å². The van der Waals surface area contributed by atoms with Crippen molar-refractivity contribution < 1.29 is 109 Å².